The van der Waals surface area contributed by atoms with Gasteiger partial charge in [-0.1, -0.05) is 42.5 Å². The molecular weight excluding hydrogens is 444 g/mol. The maximum atomic E-state index is 14.0. The first-order valence-corrected chi connectivity index (χ1v) is 11.9. The minimum absolute atomic E-state index is 0.0137. The fourth-order valence-electron chi connectivity index (χ4n) is 4.65. The number of urea groups is 1. The van der Waals surface area contributed by atoms with Crippen molar-refractivity contribution in [2.45, 2.75) is 31.8 Å². The van der Waals surface area contributed by atoms with E-state index in [0.29, 0.717) is 0 Å². The fraction of sp³-hybridized carbons (Fsp3) is 0.296. The molecule has 1 saturated carbocycles. The molecule has 2 heterocycles. The summed E-state index contributed by atoms with van der Waals surface area (Å²) in [5.74, 6) is -0.685. The Labute approximate surface area is 204 Å². The molecule has 1 aromatic heterocycles. The average molecular weight is 473 g/mol. The number of para-hydroxylation sites is 2. The lowest BCUT2D eigenvalue weighted by Gasteiger charge is -2.39. The van der Waals surface area contributed by atoms with Crippen LogP contribution in [0.1, 0.15) is 37.1 Å². The Kier molecular flexibility index (Phi) is 6.27. The van der Waals surface area contributed by atoms with Crippen LogP contribution in [0.5, 0.6) is 0 Å². The van der Waals surface area contributed by atoms with E-state index in [0.717, 1.165) is 35.5 Å². The summed E-state index contributed by atoms with van der Waals surface area (Å²) in [6.45, 7) is 1.65. The number of ether oxygens (including phenoxy) is 1. The maximum absolute atomic E-state index is 14.0. The molecule has 1 aliphatic heterocycles. The van der Waals surface area contributed by atoms with Gasteiger partial charge in [-0.15, -0.1) is 0 Å². The van der Waals surface area contributed by atoms with Crippen molar-refractivity contribution < 1.29 is 19.1 Å². The molecule has 8 nitrogen and oxygen atoms in total. The Balaban J connectivity index is 1.46. The first kappa shape index (κ1) is 22.7. The predicted molar refractivity (Wildman–Crippen MR) is 131 cm³/mol. The fourth-order valence-corrected chi connectivity index (χ4v) is 4.65. The minimum atomic E-state index is -0.502. The second kappa shape index (κ2) is 9.66. The van der Waals surface area contributed by atoms with Gasteiger partial charge in [0.05, 0.1) is 23.7 Å². The Hall–Kier alpha value is -4.07. The van der Waals surface area contributed by atoms with Crippen molar-refractivity contribution in [1.82, 2.24) is 14.8 Å². The molecule has 1 aliphatic carbocycles. The average Bonchev–Trinajstić information content (AvgIpc) is 3.60. The van der Waals surface area contributed by atoms with Crippen molar-refractivity contribution in [3.8, 4) is 5.69 Å². The van der Waals surface area contributed by atoms with Gasteiger partial charge < -0.3 is 19.5 Å². The summed E-state index contributed by atoms with van der Waals surface area (Å²) < 4.78 is 7.02. The van der Waals surface area contributed by atoms with Gasteiger partial charge in [0.25, 0.3) is 0 Å². The highest BCUT2D eigenvalue weighted by atomic mass is 16.5. The van der Waals surface area contributed by atoms with Gasteiger partial charge in [-0.2, -0.15) is 0 Å². The number of esters is 1. The van der Waals surface area contributed by atoms with Crippen molar-refractivity contribution in [1.29, 1.82) is 0 Å². The molecule has 3 amide bonds. The third-order valence-electron chi connectivity index (χ3n) is 6.35. The van der Waals surface area contributed by atoms with E-state index < -0.39 is 12.0 Å². The molecule has 0 bridgehead atoms. The van der Waals surface area contributed by atoms with E-state index in [-0.39, 0.29) is 37.7 Å². The lowest BCUT2D eigenvalue weighted by molar-refractivity contribution is -0.141. The monoisotopic (exact) mass is 472 g/mol. The Morgan fingerprint density at radius 2 is 1.69 bits per heavy atom. The Bertz CT molecular complexity index is 1230. The van der Waals surface area contributed by atoms with Crippen LogP contribution in [0.2, 0.25) is 0 Å². The van der Waals surface area contributed by atoms with Crippen molar-refractivity contribution in [3.63, 3.8) is 0 Å². The van der Waals surface area contributed by atoms with E-state index in [4.69, 9.17) is 4.74 Å². The molecule has 0 spiro atoms. The zero-order valence-electron chi connectivity index (χ0n) is 19.6. The van der Waals surface area contributed by atoms with Gasteiger partial charge in [0, 0.05) is 12.2 Å². The lowest BCUT2D eigenvalue weighted by Crippen LogP contribution is -2.50. The van der Waals surface area contributed by atoms with E-state index in [1.165, 1.54) is 0 Å². The number of nitrogens with one attached hydrogen (secondary N) is 1. The van der Waals surface area contributed by atoms with Crippen molar-refractivity contribution in [2.24, 2.45) is 0 Å². The number of carbonyl (C=O) groups is 3. The largest absolute Gasteiger partial charge is 0.465 e. The van der Waals surface area contributed by atoms with Gasteiger partial charge >= 0.3 is 12.0 Å². The maximum Gasteiger partial charge on any atom is 0.325 e. The number of nitrogens with zero attached hydrogens (tertiary/aromatic N) is 3. The van der Waals surface area contributed by atoms with E-state index in [9.17, 15) is 14.4 Å². The second-order valence-electron chi connectivity index (χ2n) is 8.69. The van der Waals surface area contributed by atoms with Crippen LogP contribution in [-0.4, -0.2) is 53.1 Å². The van der Waals surface area contributed by atoms with E-state index in [1.54, 1.807) is 16.7 Å². The summed E-state index contributed by atoms with van der Waals surface area (Å²) in [6, 6.07) is 20.9. The molecule has 1 unspecified atom stereocenters. The molecule has 3 aromatic rings. The zero-order chi connectivity index (χ0) is 24.4. The normalized spacial score (nSPS) is 16.1. The standard InChI is InChI=1S/C27H28N4O4/c1-2-35-25(33)17-28-27(34)30(20-14-15-20)18-24(32)31-22-12-7-6-11-21(22)29-16-8-13-23(29)26(31)19-9-4-3-5-10-19/h3-13,16,20,26H,2,14-15,17-18H2,1H3,(H,28,34). The lowest BCUT2D eigenvalue weighted by atomic mass is 9.97. The van der Waals surface area contributed by atoms with Gasteiger partial charge in [-0.05, 0) is 49.6 Å². The molecule has 0 radical (unpaired) electrons. The van der Waals surface area contributed by atoms with Gasteiger partial charge in [0.2, 0.25) is 5.91 Å². The number of anilines is 1. The highest BCUT2D eigenvalue weighted by molar-refractivity contribution is 6.00. The molecule has 1 fully saturated rings. The number of rotatable bonds is 7. The second-order valence-corrected chi connectivity index (χ2v) is 8.69. The van der Waals surface area contributed by atoms with Crippen LogP contribution in [-0.2, 0) is 14.3 Å². The smallest absolute Gasteiger partial charge is 0.325 e. The number of benzene rings is 2. The van der Waals surface area contributed by atoms with Gasteiger partial charge in [0.1, 0.15) is 19.1 Å². The molecule has 1 N–H and O–H groups in total. The Morgan fingerprint density at radius 3 is 2.40 bits per heavy atom. The van der Waals surface area contributed by atoms with E-state index in [2.05, 4.69) is 9.88 Å². The van der Waals surface area contributed by atoms with Crippen LogP contribution in [0, 0.1) is 0 Å². The minimum Gasteiger partial charge on any atom is -0.465 e. The van der Waals surface area contributed by atoms with Crippen LogP contribution in [0.4, 0.5) is 10.5 Å². The summed E-state index contributed by atoms with van der Waals surface area (Å²) in [6.07, 6.45) is 3.68. The van der Waals surface area contributed by atoms with Crippen molar-refractivity contribution in [3.05, 3.63) is 84.2 Å². The molecule has 0 saturated heterocycles. The third-order valence-corrected chi connectivity index (χ3v) is 6.35. The van der Waals surface area contributed by atoms with Crippen LogP contribution in [0.3, 0.4) is 0 Å². The molecule has 35 heavy (non-hydrogen) atoms. The molecule has 2 aliphatic rings. The number of aromatic nitrogens is 1. The topological polar surface area (TPSA) is 83.9 Å². The predicted octanol–water partition coefficient (Wildman–Crippen LogP) is 3.65. The van der Waals surface area contributed by atoms with Gasteiger partial charge in [-0.25, -0.2) is 4.79 Å². The molecule has 2 aromatic carbocycles. The number of carbonyl (C=O) groups excluding carboxylic acids is 3. The summed E-state index contributed by atoms with van der Waals surface area (Å²) in [7, 11) is 0. The van der Waals surface area contributed by atoms with Gasteiger partial charge in [-0.3, -0.25) is 14.5 Å². The van der Waals surface area contributed by atoms with Crippen LogP contribution in [0.25, 0.3) is 5.69 Å². The highest BCUT2D eigenvalue weighted by Crippen LogP contribution is 2.42. The van der Waals surface area contributed by atoms with Crippen LogP contribution >= 0.6 is 0 Å². The van der Waals surface area contributed by atoms with Gasteiger partial charge in [0.15, 0.2) is 0 Å². The summed E-state index contributed by atoms with van der Waals surface area (Å²) >= 11 is 0. The SMILES string of the molecule is CCOC(=O)CNC(=O)N(CC(=O)N1c2ccccc2-n2cccc2C1c1ccccc1)C1CC1. The zero-order valence-corrected chi connectivity index (χ0v) is 19.6. The summed E-state index contributed by atoms with van der Waals surface area (Å²) in [5, 5.41) is 2.61. The van der Waals surface area contributed by atoms with E-state index >= 15 is 0 Å². The molecule has 180 valence electrons. The number of hydrogen-bond donors (Lipinski definition) is 1. The number of hydrogen-bond acceptors (Lipinski definition) is 4. The quantitative estimate of drug-likeness (QED) is 0.532. The van der Waals surface area contributed by atoms with E-state index in [1.807, 2.05) is 72.9 Å². The highest BCUT2D eigenvalue weighted by Gasteiger charge is 2.40. The molecule has 1 atom stereocenters. The van der Waals surface area contributed by atoms with Crippen LogP contribution < -0.4 is 10.2 Å². The molecular formula is C27H28N4O4. The molecule has 8 heteroatoms. The summed E-state index contributed by atoms with van der Waals surface area (Å²) in [4.78, 5) is 42.0. The molecule has 5 rings (SSSR count). The third kappa shape index (κ3) is 4.51. The Morgan fingerprint density at radius 1 is 0.971 bits per heavy atom. The summed E-state index contributed by atoms with van der Waals surface area (Å²) in [5.41, 5.74) is 3.67. The van der Waals surface area contributed by atoms with Crippen molar-refractivity contribution in [2.75, 3.05) is 24.6 Å². The van der Waals surface area contributed by atoms with Crippen LogP contribution in [0.15, 0.2) is 72.9 Å². The number of amides is 3. The van der Waals surface area contributed by atoms with Crippen molar-refractivity contribution >= 4 is 23.6 Å². The first-order valence-electron chi connectivity index (χ1n) is 11.9. The number of fused-ring (bicyclic) bond motifs is 3. The first-order chi connectivity index (χ1) is 17.1.